The van der Waals surface area contributed by atoms with Crippen molar-refractivity contribution in [2.75, 3.05) is 5.75 Å². The average molecular weight is 299 g/mol. The van der Waals surface area contributed by atoms with E-state index in [0.717, 1.165) is 16.2 Å². The molecule has 1 heterocycles. The van der Waals surface area contributed by atoms with Gasteiger partial charge >= 0.3 is 0 Å². The number of thioether (sulfide) groups is 1. The Morgan fingerprint density at radius 2 is 2.05 bits per heavy atom. The van der Waals surface area contributed by atoms with Gasteiger partial charge in [0.05, 0.1) is 6.20 Å². The van der Waals surface area contributed by atoms with E-state index in [1.807, 2.05) is 43.3 Å². The van der Waals surface area contributed by atoms with Crippen LogP contribution in [-0.2, 0) is 0 Å². The van der Waals surface area contributed by atoms with Crippen LogP contribution < -0.4 is 0 Å². The molecule has 1 aromatic heterocycles. The van der Waals surface area contributed by atoms with Crippen molar-refractivity contribution >= 4 is 11.8 Å². The van der Waals surface area contributed by atoms with Crippen LogP contribution in [0.25, 0.3) is 5.69 Å². The zero-order chi connectivity index (χ0) is 15.1. The van der Waals surface area contributed by atoms with Crippen molar-refractivity contribution in [2.45, 2.75) is 11.8 Å². The fourth-order valence-corrected chi connectivity index (χ4v) is 2.31. The number of aromatic hydroxyl groups is 1. The molecule has 21 heavy (non-hydrogen) atoms. The molecule has 0 saturated carbocycles. The third-order valence-electron chi connectivity index (χ3n) is 2.65. The van der Waals surface area contributed by atoms with Crippen LogP contribution >= 0.6 is 11.8 Å². The van der Waals surface area contributed by atoms with Crippen molar-refractivity contribution in [1.82, 2.24) is 15.0 Å². The van der Waals surface area contributed by atoms with Gasteiger partial charge in [0.2, 0.25) is 0 Å². The number of benzene rings is 1. The fourth-order valence-electron chi connectivity index (χ4n) is 1.66. The summed E-state index contributed by atoms with van der Waals surface area (Å²) in [5.74, 6) is 0.979. The number of phenols is 1. The molecule has 2 rings (SSSR count). The molecule has 0 aliphatic rings. The van der Waals surface area contributed by atoms with E-state index in [9.17, 15) is 5.11 Å². The average Bonchev–Trinajstić information content (AvgIpc) is 2.59. The third kappa shape index (κ3) is 4.36. The smallest absolute Gasteiger partial charge is 0.143 e. The maximum atomic E-state index is 9.95. The van der Waals surface area contributed by atoms with E-state index in [-0.39, 0.29) is 5.75 Å². The van der Waals surface area contributed by atoms with Gasteiger partial charge in [-0.2, -0.15) is 10.2 Å². The quantitative estimate of drug-likeness (QED) is 0.691. The highest BCUT2D eigenvalue weighted by molar-refractivity contribution is 7.99. The molecule has 108 valence electrons. The lowest BCUT2D eigenvalue weighted by Gasteiger charge is -2.04. The summed E-state index contributed by atoms with van der Waals surface area (Å²) in [6.45, 7) is 5.66. The Kier molecular flexibility index (Phi) is 5.40. The highest BCUT2D eigenvalue weighted by Crippen LogP contribution is 2.20. The Morgan fingerprint density at radius 3 is 2.86 bits per heavy atom. The van der Waals surface area contributed by atoms with Gasteiger partial charge in [0, 0.05) is 16.8 Å². The first-order chi connectivity index (χ1) is 10.2. The van der Waals surface area contributed by atoms with Crippen LogP contribution in [0.4, 0.5) is 0 Å². The number of hydrogen-bond donors (Lipinski definition) is 1. The second-order valence-electron chi connectivity index (χ2n) is 4.34. The van der Waals surface area contributed by atoms with E-state index in [1.54, 1.807) is 30.2 Å². The first-order valence-corrected chi connectivity index (χ1v) is 7.47. The van der Waals surface area contributed by atoms with Crippen LogP contribution in [0.3, 0.4) is 0 Å². The summed E-state index contributed by atoms with van der Waals surface area (Å²) < 4.78 is 0. The van der Waals surface area contributed by atoms with E-state index < -0.39 is 0 Å². The normalized spacial score (nSPS) is 9.95. The zero-order valence-corrected chi connectivity index (χ0v) is 12.6. The highest BCUT2D eigenvalue weighted by Gasteiger charge is 2.03. The second-order valence-corrected chi connectivity index (χ2v) is 5.43. The predicted octanol–water partition coefficient (Wildman–Crippen LogP) is 3.68. The molecule has 0 fully saturated rings. The summed E-state index contributed by atoms with van der Waals surface area (Å²) in [6.07, 6.45) is 5.17. The van der Waals surface area contributed by atoms with Crippen LogP contribution in [0.1, 0.15) is 5.56 Å². The maximum absolute atomic E-state index is 9.95. The zero-order valence-electron chi connectivity index (χ0n) is 11.8. The van der Waals surface area contributed by atoms with Gasteiger partial charge in [-0.3, -0.25) is 0 Å². The molecule has 0 atom stereocenters. The van der Waals surface area contributed by atoms with Gasteiger partial charge in [-0.15, -0.1) is 23.1 Å². The highest BCUT2D eigenvalue weighted by atomic mass is 32.2. The SMILES string of the molecule is C=CCSc1cccnn(-c2cc(C)ccc2O)ncc1. The Hall–Kier alpha value is -2.27. The van der Waals surface area contributed by atoms with Crippen molar-refractivity contribution in [2.24, 2.45) is 0 Å². The number of hydrogen-bond acceptors (Lipinski definition) is 4. The third-order valence-corrected chi connectivity index (χ3v) is 3.66. The van der Waals surface area contributed by atoms with Crippen LogP contribution in [0.2, 0.25) is 0 Å². The molecule has 1 N–H and O–H groups in total. The van der Waals surface area contributed by atoms with Crippen LogP contribution in [0.5, 0.6) is 5.75 Å². The number of phenolic OH excluding ortho intramolecular Hbond substituents is 1. The standard InChI is InChI=1S/C16H17N3OS/c1-3-11-21-14-5-4-9-17-19(18-10-8-14)15-12-13(2)6-7-16(15)20/h3-10,12,20H,1,11H2,2H3. The summed E-state index contributed by atoms with van der Waals surface area (Å²) in [4.78, 5) is 2.48. The Morgan fingerprint density at radius 1 is 1.24 bits per heavy atom. The molecule has 0 radical (unpaired) electrons. The molecule has 4 nitrogen and oxygen atoms in total. The molecule has 0 aliphatic heterocycles. The molecule has 0 saturated heterocycles. The minimum atomic E-state index is 0.142. The summed E-state index contributed by atoms with van der Waals surface area (Å²) in [6, 6.07) is 11.0. The molecule has 5 heteroatoms. The lowest BCUT2D eigenvalue weighted by atomic mass is 10.2. The minimum Gasteiger partial charge on any atom is -0.506 e. The fraction of sp³-hybridized carbons (Fsp3) is 0.125. The largest absolute Gasteiger partial charge is 0.506 e. The second kappa shape index (κ2) is 7.50. The van der Waals surface area contributed by atoms with E-state index in [0.29, 0.717) is 5.69 Å². The van der Waals surface area contributed by atoms with Crippen molar-refractivity contribution in [1.29, 1.82) is 0 Å². The van der Waals surface area contributed by atoms with E-state index in [1.165, 1.54) is 4.80 Å². The Balaban J connectivity index is 2.43. The van der Waals surface area contributed by atoms with Gasteiger partial charge in [-0.25, -0.2) is 0 Å². The number of nitrogens with zero attached hydrogens (tertiary/aromatic N) is 3. The van der Waals surface area contributed by atoms with Crippen LogP contribution in [0, 0.1) is 6.92 Å². The molecule has 0 spiro atoms. The van der Waals surface area contributed by atoms with Crippen molar-refractivity contribution in [3.8, 4) is 11.4 Å². The van der Waals surface area contributed by atoms with E-state index >= 15 is 0 Å². The molecular formula is C16H17N3OS. The van der Waals surface area contributed by atoms with Gasteiger partial charge in [0.15, 0.2) is 0 Å². The number of aryl methyl sites for hydroxylation is 1. The molecule has 0 aliphatic carbocycles. The summed E-state index contributed by atoms with van der Waals surface area (Å²) in [7, 11) is 0. The topological polar surface area (TPSA) is 50.9 Å². The van der Waals surface area contributed by atoms with Crippen molar-refractivity contribution in [3.63, 3.8) is 0 Å². The molecular weight excluding hydrogens is 282 g/mol. The minimum absolute atomic E-state index is 0.142. The molecule has 2 aromatic rings. The monoisotopic (exact) mass is 299 g/mol. The summed E-state index contributed by atoms with van der Waals surface area (Å²) in [5, 5.41) is 18.4. The van der Waals surface area contributed by atoms with E-state index in [2.05, 4.69) is 16.8 Å². The Bertz CT molecular complexity index is 681. The summed E-state index contributed by atoms with van der Waals surface area (Å²) >= 11 is 1.67. The molecule has 0 amide bonds. The van der Waals surface area contributed by atoms with Gasteiger partial charge < -0.3 is 5.11 Å². The van der Waals surface area contributed by atoms with Crippen molar-refractivity contribution < 1.29 is 5.11 Å². The maximum Gasteiger partial charge on any atom is 0.143 e. The van der Waals surface area contributed by atoms with Gasteiger partial charge in [0.25, 0.3) is 0 Å². The van der Waals surface area contributed by atoms with Crippen LogP contribution in [-0.4, -0.2) is 25.9 Å². The predicted molar refractivity (Wildman–Crippen MR) is 86.3 cm³/mol. The molecule has 0 unspecified atom stereocenters. The molecule has 0 bridgehead atoms. The van der Waals surface area contributed by atoms with Gasteiger partial charge in [-0.05, 0) is 42.8 Å². The Labute approximate surface area is 128 Å². The van der Waals surface area contributed by atoms with Gasteiger partial charge in [-0.1, -0.05) is 12.1 Å². The van der Waals surface area contributed by atoms with Gasteiger partial charge in [0.1, 0.15) is 11.4 Å². The number of aromatic nitrogens is 3. The van der Waals surface area contributed by atoms with Crippen molar-refractivity contribution in [3.05, 3.63) is 67.0 Å². The first kappa shape index (κ1) is 15.1. The lowest BCUT2D eigenvalue weighted by molar-refractivity contribution is 0.466. The number of rotatable bonds is 4. The summed E-state index contributed by atoms with van der Waals surface area (Å²) in [5.41, 5.74) is 1.58. The first-order valence-electron chi connectivity index (χ1n) is 6.49. The molecule has 1 aromatic carbocycles. The van der Waals surface area contributed by atoms with Crippen LogP contribution in [0.15, 0.2) is 66.3 Å². The van der Waals surface area contributed by atoms with E-state index in [4.69, 9.17) is 0 Å². The lowest BCUT2D eigenvalue weighted by Crippen LogP contribution is -2.02.